The maximum absolute atomic E-state index is 10.6. The summed E-state index contributed by atoms with van der Waals surface area (Å²) in [5, 5.41) is 1.35. The van der Waals surface area contributed by atoms with Gasteiger partial charge in [-0.25, -0.2) is 0 Å². The monoisotopic (exact) mass is 206 g/mol. The molecule has 0 bridgehead atoms. The van der Waals surface area contributed by atoms with Crippen LogP contribution in [0.1, 0.15) is 27.7 Å². The van der Waals surface area contributed by atoms with E-state index in [0.717, 1.165) is 12.0 Å². The Morgan fingerprint density at radius 3 is 2.08 bits per heavy atom. The van der Waals surface area contributed by atoms with Crippen molar-refractivity contribution in [1.82, 2.24) is 0 Å². The summed E-state index contributed by atoms with van der Waals surface area (Å²) in [7, 11) is 0. The topological polar surface area (TPSA) is 17.1 Å². The van der Waals surface area contributed by atoms with Gasteiger partial charge >= 0.3 is 0 Å². The molecular weight excluding hydrogens is 188 g/mol. The molecule has 0 aromatic carbocycles. The summed E-state index contributed by atoms with van der Waals surface area (Å²) in [5.74, 6) is 0.948. The van der Waals surface area contributed by atoms with Gasteiger partial charge in [-0.2, -0.15) is 11.8 Å². The van der Waals surface area contributed by atoms with Gasteiger partial charge in [0.2, 0.25) is 0 Å². The fraction of sp³-hybridized carbons (Fsp3) is 0.889. The Morgan fingerprint density at radius 1 is 1.17 bits per heavy atom. The number of aldehydes is 1. The number of rotatable bonds is 6. The van der Waals surface area contributed by atoms with Crippen molar-refractivity contribution in [3.05, 3.63) is 0 Å². The van der Waals surface area contributed by atoms with Crippen molar-refractivity contribution >= 4 is 29.8 Å². The minimum atomic E-state index is 0.178. The van der Waals surface area contributed by atoms with E-state index in [4.69, 9.17) is 0 Å². The summed E-state index contributed by atoms with van der Waals surface area (Å²) < 4.78 is 0. The highest BCUT2D eigenvalue weighted by Crippen LogP contribution is 2.21. The van der Waals surface area contributed by atoms with E-state index < -0.39 is 0 Å². The van der Waals surface area contributed by atoms with Crippen molar-refractivity contribution in [2.45, 2.75) is 43.4 Å². The lowest BCUT2D eigenvalue weighted by Crippen LogP contribution is -2.12. The maximum atomic E-state index is 10.6. The molecule has 0 aliphatic carbocycles. The maximum Gasteiger partial charge on any atom is 0.133 e. The minimum Gasteiger partial charge on any atom is -0.302 e. The first-order valence-corrected chi connectivity index (χ1v) is 6.27. The van der Waals surface area contributed by atoms with Gasteiger partial charge in [-0.05, 0) is 10.5 Å². The molecule has 0 amide bonds. The predicted molar refractivity (Wildman–Crippen MR) is 60.2 cm³/mol. The number of carbonyl (C=O) groups is 1. The predicted octanol–water partition coefficient (Wildman–Crippen LogP) is 2.84. The van der Waals surface area contributed by atoms with E-state index in [0.29, 0.717) is 10.5 Å². The summed E-state index contributed by atoms with van der Waals surface area (Å²) >= 11 is 3.61. The molecule has 0 saturated heterocycles. The smallest absolute Gasteiger partial charge is 0.133 e. The number of carbonyl (C=O) groups excluding carboxylic acids is 1. The van der Waals surface area contributed by atoms with Gasteiger partial charge in [-0.15, -0.1) is 11.8 Å². The fourth-order valence-corrected chi connectivity index (χ4v) is 2.71. The van der Waals surface area contributed by atoms with E-state index in [9.17, 15) is 4.79 Å². The Morgan fingerprint density at radius 2 is 1.75 bits per heavy atom. The Bertz CT molecular complexity index is 124. The van der Waals surface area contributed by atoms with Gasteiger partial charge in [0.15, 0.2) is 0 Å². The highest BCUT2D eigenvalue weighted by Gasteiger charge is 2.10. The Kier molecular flexibility index (Phi) is 7.05. The molecule has 1 unspecified atom stereocenters. The summed E-state index contributed by atoms with van der Waals surface area (Å²) in [6.07, 6.45) is 1.07. The molecule has 12 heavy (non-hydrogen) atoms. The summed E-state index contributed by atoms with van der Waals surface area (Å²) in [6, 6.07) is 0. The molecular formula is C9H18OS2. The standard InChI is InChI=1S/C9H18OS2/c1-7(2)11-6-9(5-10)12-8(3)4/h5,7-9H,6H2,1-4H3. The molecule has 0 radical (unpaired) electrons. The van der Waals surface area contributed by atoms with Gasteiger partial charge in [-0.3, -0.25) is 0 Å². The van der Waals surface area contributed by atoms with E-state index >= 15 is 0 Å². The van der Waals surface area contributed by atoms with E-state index in [-0.39, 0.29) is 5.25 Å². The van der Waals surface area contributed by atoms with Crippen molar-refractivity contribution in [2.24, 2.45) is 0 Å². The molecule has 3 heteroatoms. The lowest BCUT2D eigenvalue weighted by atomic mass is 10.5. The third-order valence-corrected chi connectivity index (χ3v) is 3.79. The van der Waals surface area contributed by atoms with Crippen molar-refractivity contribution in [1.29, 1.82) is 0 Å². The summed E-state index contributed by atoms with van der Waals surface area (Å²) in [4.78, 5) is 10.6. The first-order valence-electron chi connectivity index (χ1n) is 4.28. The Labute approximate surface area is 84.1 Å². The van der Waals surface area contributed by atoms with E-state index in [1.807, 2.05) is 11.8 Å². The van der Waals surface area contributed by atoms with Crippen LogP contribution >= 0.6 is 23.5 Å². The Balaban J connectivity index is 3.60. The average Bonchev–Trinajstić information content (AvgIpc) is 1.97. The van der Waals surface area contributed by atoms with Crippen molar-refractivity contribution in [2.75, 3.05) is 5.75 Å². The zero-order valence-electron chi connectivity index (χ0n) is 8.24. The minimum absolute atomic E-state index is 0.178. The van der Waals surface area contributed by atoms with Crippen LogP contribution in [0.5, 0.6) is 0 Å². The Hall–Kier alpha value is 0.370. The highest BCUT2D eigenvalue weighted by molar-refractivity contribution is 8.04. The van der Waals surface area contributed by atoms with Crippen LogP contribution < -0.4 is 0 Å². The highest BCUT2D eigenvalue weighted by atomic mass is 32.2. The van der Waals surface area contributed by atoms with Crippen molar-refractivity contribution in [3.8, 4) is 0 Å². The van der Waals surface area contributed by atoms with E-state index in [1.165, 1.54) is 0 Å². The van der Waals surface area contributed by atoms with Crippen molar-refractivity contribution < 1.29 is 4.79 Å². The van der Waals surface area contributed by atoms with Crippen LogP contribution in [0.4, 0.5) is 0 Å². The first kappa shape index (κ1) is 12.4. The lowest BCUT2D eigenvalue weighted by Gasteiger charge is -2.13. The van der Waals surface area contributed by atoms with Crippen LogP contribution in [-0.4, -0.2) is 27.8 Å². The molecule has 0 N–H and O–H groups in total. The van der Waals surface area contributed by atoms with Crippen LogP contribution in [0, 0.1) is 0 Å². The SMILES string of the molecule is CC(C)SCC(C=O)SC(C)C. The molecule has 0 aromatic rings. The second kappa shape index (κ2) is 6.84. The van der Waals surface area contributed by atoms with Crippen LogP contribution in [0.15, 0.2) is 0 Å². The molecule has 0 aromatic heterocycles. The quantitative estimate of drug-likeness (QED) is 0.622. The molecule has 0 aliphatic rings. The molecule has 1 nitrogen and oxygen atoms in total. The van der Waals surface area contributed by atoms with Gasteiger partial charge in [0.1, 0.15) is 6.29 Å². The van der Waals surface area contributed by atoms with Crippen LogP contribution in [0.2, 0.25) is 0 Å². The largest absolute Gasteiger partial charge is 0.302 e. The van der Waals surface area contributed by atoms with Gasteiger partial charge < -0.3 is 4.79 Å². The average molecular weight is 206 g/mol. The zero-order valence-corrected chi connectivity index (χ0v) is 9.87. The number of thioether (sulfide) groups is 2. The molecule has 0 spiro atoms. The molecule has 0 fully saturated rings. The second-order valence-corrected chi connectivity index (χ2v) is 6.67. The fourth-order valence-electron chi connectivity index (χ4n) is 0.748. The third-order valence-electron chi connectivity index (χ3n) is 1.19. The third kappa shape index (κ3) is 7.04. The van der Waals surface area contributed by atoms with Gasteiger partial charge in [0.05, 0.1) is 5.25 Å². The molecule has 0 saturated carbocycles. The molecule has 0 heterocycles. The number of hydrogen-bond acceptors (Lipinski definition) is 3. The molecule has 0 rings (SSSR count). The molecule has 0 aliphatic heterocycles. The van der Waals surface area contributed by atoms with Gasteiger partial charge in [0.25, 0.3) is 0 Å². The normalized spacial score (nSPS) is 13.8. The lowest BCUT2D eigenvalue weighted by molar-refractivity contribution is -0.107. The molecule has 1 atom stereocenters. The summed E-state index contributed by atoms with van der Waals surface area (Å²) in [5.41, 5.74) is 0. The van der Waals surface area contributed by atoms with Gasteiger partial charge in [0, 0.05) is 5.75 Å². The van der Waals surface area contributed by atoms with Crippen LogP contribution in [-0.2, 0) is 4.79 Å². The first-order chi connectivity index (χ1) is 5.56. The van der Waals surface area contributed by atoms with Crippen LogP contribution in [0.3, 0.4) is 0 Å². The number of hydrogen-bond donors (Lipinski definition) is 0. The van der Waals surface area contributed by atoms with Crippen LogP contribution in [0.25, 0.3) is 0 Å². The summed E-state index contributed by atoms with van der Waals surface area (Å²) in [6.45, 7) is 8.57. The van der Waals surface area contributed by atoms with E-state index in [2.05, 4.69) is 27.7 Å². The molecule has 72 valence electrons. The van der Waals surface area contributed by atoms with Crippen molar-refractivity contribution in [3.63, 3.8) is 0 Å². The zero-order chi connectivity index (χ0) is 9.56. The second-order valence-electron chi connectivity index (χ2n) is 3.24. The van der Waals surface area contributed by atoms with E-state index in [1.54, 1.807) is 11.8 Å². The van der Waals surface area contributed by atoms with Gasteiger partial charge in [-0.1, -0.05) is 27.7 Å².